The van der Waals surface area contributed by atoms with E-state index in [1.165, 1.54) is 81.5 Å². The fraction of sp³-hybridized carbons (Fsp3) is 0.625. The molecular weight excluding hydrogens is 344 g/mol. The highest BCUT2D eigenvalue weighted by Crippen LogP contribution is 2.23. The molecule has 0 aliphatic carbocycles. The summed E-state index contributed by atoms with van der Waals surface area (Å²) < 4.78 is 2.03. The van der Waals surface area contributed by atoms with Crippen LogP contribution in [-0.4, -0.2) is 45.8 Å². The van der Waals surface area contributed by atoms with Crippen molar-refractivity contribution >= 4 is 0 Å². The number of benzene rings is 1. The van der Waals surface area contributed by atoms with E-state index in [4.69, 9.17) is 0 Å². The maximum atomic E-state index is 4.48. The van der Waals surface area contributed by atoms with Gasteiger partial charge in [-0.2, -0.15) is 5.10 Å². The van der Waals surface area contributed by atoms with Gasteiger partial charge >= 0.3 is 0 Å². The minimum absolute atomic E-state index is 0.831. The van der Waals surface area contributed by atoms with Crippen LogP contribution in [0, 0.1) is 12.8 Å². The van der Waals surface area contributed by atoms with Crippen molar-refractivity contribution in [3.8, 4) is 0 Å². The molecule has 0 amide bonds. The van der Waals surface area contributed by atoms with E-state index in [2.05, 4.69) is 59.2 Å². The minimum atomic E-state index is 0.831. The van der Waals surface area contributed by atoms with Crippen molar-refractivity contribution in [2.45, 2.75) is 58.5 Å². The molecule has 0 unspecified atom stereocenters. The first-order chi connectivity index (χ1) is 13.7. The lowest BCUT2D eigenvalue weighted by atomic mass is 9.90. The Kier molecular flexibility index (Phi) is 6.48. The molecule has 0 spiro atoms. The van der Waals surface area contributed by atoms with E-state index in [9.17, 15) is 0 Å². The first-order valence-electron chi connectivity index (χ1n) is 11.2. The summed E-state index contributed by atoms with van der Waals surface area (Å²) in [6.45, 7) is 9.22. The fourth-order valence-electron chi connectivity index (χ4n) is 4.88. The number of rotatable bonds is 6. The van der Waals surface area contributed by atoms with Gasteiger partial charge in [0.15, 0.2) is 0 Å². The molecule has 2 aliphatic heterocycles. The number of likely N-dealkylation sites (tertiary alicyclic amines) is 2. The molecule has 4 rings (SSSR count). The molecule has 2 fully saturated rings. The molecule has 152 valence electrons. The Bertz CT molecular complexity index is 734. The topological polar surface area (TPSA) is 24.3 Å². The van der Waals surface area contributed by atoms with Gasteiger partial charge in [-0.15, -0.1) is 0 Å². The molecule has 2 aromatic rings. The predicted octanol–water partition coefficient (Wildman–Crippen LogP) is 4.17. The summed E-state index contributed by atoms with van der Waals surface area (Å²) in [4.78, 5) is 5.20. The average Bonchev–Trinajstić information content (AvgIpc) is 3.02. The zero-order chi connectivity index (χ0) is 19.3. The van der Waals surface area contributed by atoms with Crippen LogP contribution in [0.15, 0.2) is 30.3 Å². The van der Waals surface area contributed by atoms with Gasteiger partial charge in [0.25, 0.3) is 0 Å². The molecule has 3 heterocycles. The monoisotopic (exact) mass is 380 g/mol. The van der Waals surface area contributed by atoms with Gasteiger partial charge in [-0.05, 0) is 88.3 Å². The Balaban J connectivity index is 1.22. The van der Waals surface area contributed by atoms with Gasteiger partial charge in [0.2, 0.25) is 0 Å². The van der Waals surface area contributed by atoms with E-state index in [1.807, 2.05) is 4.68 Å². The van der Waals surface area contributed by atoms with Crippen molar-refractivity contribution in [2.75, 3.05) is 26.2 Å². The summed E-state index contributed by atoms with van der Waals surface area (Å²) in [5.41, 5.74) is 5.45. The molecule has 2 aliphatic rings. The number of aromatic nitrogens is 2. The number of aryl methyl sites for hydroxylation is 2. The maximum Gasteiger partial charge on any atom is 0.0597 e. The van der Waals surface area contributed by atoms with E-state index < -0.39 is 0 Å². The highest BCUT2D eigenvalue weighted by molar-refractivity contribution is 5.23. The van der Waals surface area contributed by atoms with Crippen molar-refractivity contribution in [3.05, 3.63) is 52.8 Å². The van der Waals surface area contributed by atoms with E-state index in [1.54, 1.807) is 0 Å². The lowest BCUT2D eigenvalue weighted by Crippen LogP contribution is -2.34. The van der Waals surface area contributed by atoms with E-state index in [-0.39, 0.29) is 0 Å². The van der Waals surface area contributed by atoms with Gasteiger partial charge in [0.1, 0.15) is 0 Å². The van der Waals surface area contributed by atoms with Crippen molar-refractivity contribution in [2.24, 2.45) is 13.0 Å². The van der Waals surface area contributed by atoms with Crippen molar-refractivity contribution in [1.29, 1.82) is 0 Å². The van der Waals surface area contributed by atoms with E-state index in [0.29, 0.717) is 0 Å². The fourth-order valence-corrected chi connectivity index (χ4v) is 4.88. The van der Waals surface area contributed by atoms with E-state index in [0.717, 1.165) is 24.7 Å². The summed E-state index contributed by atoms with van der Waals surface area (Å²) in [6, 6.07) is 11.7. The Hall–Kier alpha value is -1.65. The van der Waals surface area contributed by atoms with Crippen LogP contribution >= 0.6 is 0 Å². The second-order valence-electron chi connectivity index (χ2n) is 8.98. The minimum Gasteiger partial charge on any atom is -0.299 e. The smallest absolute Gasteiger partial charge is 0.0597 e. The second kappa shape index (κ2) is 9.23. The lowest BCUT2D eigenvalue weighted by molar-refractivity contribution is 0.173. The zero-order valence-electron chi connectivity index (χ0n) is 17.7. The van der Waals surface area contributed by atoms with E-state index >= 15 is 0 Å². The Morgan fingerprint density at radius 2 is 1.50 bits per heavy atom. The molecule has 4 nitrogen and oxygen atoms in total. The Morgan fingerprint density at radius 1 is 0.857 bits per heavy atom. The first-order valence-corrected chi connectivity index (χ1v) is 11.2. The van der Waals surface area contributed by atoms with Crippen molar-refractivity contribution in [3.63, 3.8) is 0 Å². The van der Waals surface area contributed by atoms with Gasteiger partial charge in [0.05, 0.1) is 11.4 Å². The number of nitrogens with zero attached hydrogens (tertiary/aromatic N) is 4. The predicted molar refractivity (Wildman–Crippen MR) is 115 cm³/mol. The molecule has 28 heavy (non-hydrogen) atoms. The quantitative estimate of drug-likeness (QED) is 0.752. The van der Waals surface area contributed by atoms with Gasteiger partial charge in [0, 0.05) is 20.1 Å². The molecule has 1 aromatic carbocycles. The molecular formula is C24H36N4. The average molecular weight is 381 g/mol. The van der Waals surface area contributed by atoms with Crippen LogP contribution in [0.3, 0.4) is 0 Å². The SMILES string of the molecule is Cc1cc(CN2CCC(Cc3ccc(CN4CCCCC4)cc3)CC2)n(C)n1. The molecule has 0 N–H and O–H groups in total. The van der Waals surface area contributed by atoms with Crippen molar-refractivity contribution in [1.82, 2.24) is 19.6 Å². The molecule has 0 radical (unpaired) electrons. The number of hydrogen-bond donors (Lipinski definition) is 0. The Labute approximate surface area is 170 Å². The normalized spacial score (nSPS) is 19.9. The van der Waals surface area contributed by atoms with Gasteiger partial charge < -0.3 is 0 Å². The van der Waals surface area contributed by atoms with Crippen LogP contribution in [0.5, 0.6) is 0 Å². The van der Waals surface area contributed by atoms with Crippen LogP contribution in [0.1, 0.15) is 54.6 Å². The Morgan fingerprint density at radius 3 is 2.14 bits per heavy atom. The second-order valence-corrected chi connectivity index (χ2v) is 8.98. The molecule has 0 atom stereocenters. The van der Waals surface area contributed by atoms with Gasteiger partial charge in [-0.1, -0.05) is 30.7 Å². The highest BCUT2D eigenvalue weighted by atomic mass is 15.3. The van der Waals surface area contributed by atoms with Crippen LogP contribution in [0.2, 0.25) is 0 Å². The standard InChI is InChI=1S/C24H36N4/c1-20-16-24(26(2)25-20)19-28-14-10-22(11-15-28)17-21-6-8-23(9-7-21)18-27-12-4-3-5-13-27/h6-9,16,22H,3-5,10-15,17-19H2,1-2H3. The summed E-state index contributed by atoms with van der Waals surface area (Å²) in [6.07, 6.45) is 8.02. The van der Waals surface area contributed by atoms with Crippen LogP contribution in [0.25, 0.3) is 0 Å². The third-order valence-corrected chi connectivity index (χ3v) is 6.59. The molecule has 2 saturated heterocycles. The molecule has 4 heteroatoms. The van der Waals surface area contributed by atoms with Crippen LogP contribution in [0.4, 0.5) is 0 Å². The molecule has 0 bridgehead atoms. The van der Waals surface area contributed by atoms with Crippen LogP contribution in [-0.2, 0) is 26.6 Å². The summed E-state index contributed by atoms with van der Waals surface area (Å²) in [7, 11) is 2.06. The van der Waals surface area contributed by atoms with Gasteiger partial charge in [-0.25, -0.2) is 0 Å². The summed E-state index contributed by atoms with van der Waals surface area (Å²) in [5, 5.41) is 4.48. The molecule has 1 aromatic heterocycles. The third-order valence-electron chi connectivity index (χ3n) is 6.59. The molecule has 0 saturated carbocycles. The summed E-state index contributed by atoms with van der Waals surface area (Å²) in [5.74, 6) is 0.831. The number of hydrogen-bond acceptors (Lipinski definition) is 3. The highest BCUT2D eigenvalue weighted by Gasteiger charge is 2.20. The lowest BCUT2D eigenvalue weighted by Gasteiger charge is -2.32. The first kappa shape index (κ1) is 19.7. The third kappa shape index (κ3) is 5.24. The van der Waals surface area contributed by atoms with Crippen LogP contribution < -0.4 is 0 Å². The van der Waals surface area contributed by atoms with Crippen molar-refractivity contribution < 1.29 is 0 Å². The number of piperidine rings is 2. The van der Waals surface area contributed by atoms with Gasteiger partial charge in [-0.3, -0.25) is 14.5 Å². The maximum absolute atomic E-state index is 4.48. The zero-order valence-corrected chi connectivity index (χ0v) is 17.7. The largest absolute Gasteiger partial charge is 0.299 e. The summed E-state index contributed by atoms with van der Waals surface area (Å²) >= 11 is 0.